The van der Waals surface area contributed by atoms with E-state index in [0.717, 1.165) is 25.7 Å². The summed E-state index contributed by atoms with van der Waals surface area (Å²) in [5.41, 5.74) is -0.536. The second kappa shape index (κ2) is 4.82. The first-order chi connectivity index (χ1) is 8.40. The monoisotopic (exact) mass is 254 g/mol. The van der Waals surface area contributed by atoms with Gasteiger partial charge in [-0.2, -0.15) is 0 Å². The van der Waals surface area contributed by atoms with Crippen molar-refractivity contribution in [1.29, 1.82) is 0 Å². The highest BCUT2D eigenvalue weighted by Crippen LogP contribution is 2.36. The summed E-state index contributed by atoms with van der Waals surface area (Å²) >= 11 is 0. The number of hydrogen-bond acceptors (Lipinski definition) is 3. The van der Waals surface area contributed by atoms with Crippen molar-refractivity contribution in [1.82, 2.24) is 10.2 Å². The predicted molar refractivity (Wildman–Crippen MR) is 71.2 cm³/mol. The van der Waals surface area contributed by atoms with Crippen LogP contribution in [-0.4, -0.2) is 41.3 Å². The minimum absolute atomic E-state index is 0.121. The fraction of sp³-hybridized carbons (Fsp3) is 0.929. The Hall–Kier alpha value is -0.610. The van der Waals surface area contributed by atoms with E-state index in [-0.39, 0.29) is 23.2 Å². The fourth-order valence-corrected chi connectivity index (χ4v) is 3.38. The van der Waals surface area contributed by atoms with Crippen molar-refractivity contribution < 1.29 is 9.53 Å². The molecule has 1 aliphatic heterocycles. The lowest BCUT2D eigenvalue weighted by Crippen LogP contribution is -2.47. The highest BCUT2D eigenvalue weighted by molar-refractivity contribution is 5.89. The van der Waals surface area contributed by atoms with E-state index in [2.05, 4.69) is 26.1 Å². The van der Waals surface area contributed by atoms with Crippen molar-refractivity contribution in [2.45, 2.75) is 70.7 Å². The van der Waals surface area contributed by atoms with E-state index in [1.54, 1.807) is 0 Å². The summed E-state index contributed by atoms with van der Waals surface area (Å²) in [4.78, 5) is 14.6. The summed E-state index contributed by atoms with van der Waals surface area (Å²) in [5, 5.41) is 3.51. The molecule has 1 spiro atoms. The van der Waals surface area contributed by atoms with Gasteiger partial charge in [-0.15, -0.1) is 0 Å². The van der Waals surface area contributed by atoms with Gasteiger partial charge in [0.1, 0.15) is 0 Å². The first-order valence-corrected chi connectivity index (χ1v) is 7.13. The Labute approximate surface area is 110 Å². The summed E-state index contributed by atoms with van der Waals surface area (Å²) in [7, 11) is 0. The van der Waals surface area contributed by atoms with Gasteiger partial charge >= 0.3 is 0 Å². The van der Waals surface area contributed by atoms with Crippen LogP contribution in [0.15, 0.2) is 0 Å². The van der Waals surface area contributed by atoms with Crippen molar-refractivity contribution in [2.24, 2.45) is 0 Å². The molecule has 2 fully saturated rings. The van der Waals surface area contributed by atoms with E-state index in [4.69, 9.17) is 4.74 Å². The molecule has 1 N–H and O–H groups in total. The van der Waals surface area contributed by atoms with E-state index in [1.807, 2.05) is 11.8 Å². The molecule has 4 nitrogen and oxygen atoms in total. The van der Waals surface area contributed by atoms with Crippen LogP contribution in [0.2, 0.25) is 0 Å². The molecule has 0 aromatic carbocycles. The minimum atomic E-state index is -0.273. The molecular formula is C14H26N2O2. The van der Waals surface area contributed by atoms with E-state index >= 15 is 0 Å². The summed E-state index contributed by atoms with van der Waals surface area (Å²) in [6, 6.07) is 0. The number of nitrogens with zero attached hydrogens (tertiary/aromatic N) is 1. The molecule has 0 bridgehead atoms. The van der Waals surface area contributed by atoms with Gasteiger partial charge in [0, 0.05) is 6.61 Å². The van der Waals surface area contributed by atoms with Crippen molar-refractivity contribution in [2.75, 3.05) is 13.2 Å². The standard InChI is InChI=1S/C14H26N2O2/c1-5-18-13(3,4)10-16-11(2)15-14(12(16)17)8-6-7-9-14/h11,15H,5-10H2,1-4H3. The van der Waals surface area contributed by atoms with Crippen LogP contribution >= 0.6 is 0 Å². The molecule has 1 aliphatic carbocycles. The van der Waals surface area contributed by atoms with Crippen LogP contribution in [0.25, 0.3) is 0 Å². The fourth-order valence-electron chi connectivity index (χ4n) is 3.38. The number of amides is 1. The normalized spacial score (nSPS) is 27.4. The van der Waals surface area contributed by atoms with Crippen LogP contribution in [-0.2, 0) is 9.53 Å². The predicted octanol–water partition coefficient (Wildman–Crippen LogP) is 1.89. The van der Waals surface area contributed by atoms with E-state index in [1.165, 1.54) is 0 Å². The Kier molecular flexibility index (Phi) is 3.70. The van der Waals surface area contributed by atoms with Gasteiger partial charge in [0.05, 0.1) is 23.9 Å². The highest BCUT2D eigenvalue weighted by Gasteiger charge is 2.51. The Balaban J connectivity index is 2.07. The molecule has 0 aromatic rings. The lowest BCUT2D eigenvalue weighted by molar-refractivity contribution is -0.137. The SMILES string of the molecule is CCOC(C)(C)CN1C(=O)C2(CCCC2)NC1C. The van der Waals surface area contributed by atoms with Crippen molar-refractivity contribution in [3.63, 3.8) is 0 Å². The molecule has 4 heteroatoms. The summed E-state index contributed by atoms with van der Waals surface area (Å²) in [6.07, 6.45) is 4.42. The molecule has 1 heterocycles. The molecule has 2 aliphatic rings. The zero-order chi connectivity index (χ0) is 13.4. The maximum atomic E-state index is 12.6. The first-order valence-electron chi connectivity index (χ1n) is 7.13. The lowest BCUT2D eigenvalue weighted by Gasteiger charge is -2.32. The Morgan fingerprint density at radius 1 is 1.44 bits per heavy atom. The van der Waals surface area contributed by atoms with Gasteiger partial charge in [-0.1, -0.05) is 12.8 Å². The molecule has 1 saturated carbocycles. The van der Waals surface area contributed by atoms with Crippen LogP contribution in [0.1, 0.15) is 53.4 Å². The molecule has 0 aromatic heterocycles. The summed E-state index contributed by atoms with van der Waals surface area (Å²) in [6.45, 7) is 9.52. The second-order valence-corrected chi connectivity index (χ2v) is 6.24. The molecule has 1 amide bonds. The van der Waals surface area contributed by atoms with Crippen LogP contribution in [0.5, 0.6) is 0 Å². The van der Waals surface area contributed by atoms with Gasteiger partial charge in [0.25, 0.3) is 0 Å². The zero-order valence-corrected chi connectivity index (χ0v) is 12.1. The van der Waals surface area contributed by atoms with Gasteiger partial charge in [0.2, 0.25) is 5.91 Å². The van der Waals surface area contributed by atoms with Crippen molar-refractivity contribution in [3.05, 3.63) is 0 Å². The topological polar surface area (TPSA) is 41.6 Å². The van der Waals surface area contributed by atoms with Gasteiger partial charge in [0.15, 0.2) is 0 Å². The van der Waals surface area contributed by atoms with Crippen LogP contribution in [0.4, 0.5) is 0 Å². The average molecular weight is 254 g/mol. The number of carbonyl (C=O) groups excluding carboxylic acids is 1. The Bertz CT molecular complexity index is 322. The molecule has 1 unspecified atom stereocenters. The van der Waals surface area contributed by atoms with Crippen molar-refractivity contribution in [3.8, 4) is 0 Å². The molecule has 2 rings (SSSR count). The molecule has 1 saturated heterocycles. The highest BCUT2D eigenvalue weighted by atomic mass is 16.5. The van der Waals surface area contributed by atoms with E-state index < -0.39 is 0 Å². The number of nitrogens with one attached hydrogen (secondary N) is 1. The van der Waals surface area contributed by atoms with Gasteiger partial charge in [-0.25, -0.2) is 0 Å². The van der Waals surface area contributed by atoms with Crippen LogP contribution in [0, 0.1) is 0 Å². The smallest absolute Gasteiger partial charge is 0.244 e. The number of ether oxygens (including phenoxy) is 1. The number of rotatable bonds is 4. The van der Waals surface area contributed by atoms with Crippen LogP contribution in [0.3, 0.4) is 0 Å². The van der Waals surface area contributed by atoms with Crippen LogP contribution < -0.4 is 5.32 Å². The van der Waals surface area contributed by atoms with E-state index in [9.17, 15) is 4.79 Å². The summed E-state index contributed by atoms with van der Waals surface area (Å²) in [5.74, 6) is 0.278. The molecule has 0 radical (unpaired) electrons. The van der Waals surface area contributed by atoms with Gasteiger partial charge < -0.3 is 9.64 Å². The maximum absolute atomic E-state index is 12.6. The largest absolute Gasteiger partial charge is 0.374 e. The third-order valence-electron chi connectivity index (χ3n) is 4.17. The number of carbonyl (C=O) groups is 1. The third kappa shape index (κ3) is 2.41. The molecular weight excluding hydrogens is 228 g/mol. The summed E-state index contributed by atoms with van der Waals surface area (Å²) < 4.78 is 5.72. The minimum Gasteiger partial charge on any atom is -0.374 e. The van der Waals surface area contributed by atoms with E-state index in [0.29, 0.717) is 13.2 Å². The molecule has 104 valence electrons. The lowest BCUT2D eigenvalue weighted by atomic mass is 9.97. The third-order valence-corrected chi connectivity index (χ3v) is 4.17. The Morgan fingerprint density at radius 3 is 2.61 bits per heavy atom. The first kappa shape index (κ1) is 13.8. The molecule has 18 heavy (non-hydrogen) atoms. The number of hydrogen-bond donors (Lipinski definition) is 1. The van der Waals surface area contributed by atoms with Gasteiger partial charge in [-0.05, 0) is 40.5 Å². The average Bonchev–Trinajstić information content (AvgIpc) is 2.81. The second-order valence-electron chi connectivity index (χ2n) is 6.24. The Morgan fingerprint density at radius 2 is 2.06 bits per heavy atom. The van der Waals surface area contributed by atoms with Gasteiger partial charge in [-0.3, -0.25) is 10.1 Å². The quantitative estimate of drug-likeness (QED) is 0.833. The maximum Gasteiger partial charge on any atom is 0.244 e. The van der Waals surface area contributed by atoms with Crippen molar-refractivity contribution >= 4 is 5.91 Å². The zero-order valence-electron chi connectivity index (χ0n) is 12.1. The molecule has 1 atom stereocenters.